The molecular formula is C14H21NO4S. The highest BCUT2D eigenvalue weighted by atomic mass is 32.2. The molecule has 0 N–H and O–H groups in total. The van der Waals surface area contributed by atoms with Gasteiger partial charge in [-0.2, -0.15) is 8.42 Å². The van der Waals surface area contributed by atoms with Crippen LogP contribution in [0.2, 0.25) is 0 Å². The Morgan fingerprint density at radius 2 is 2.10 bits per heavy atom. The number of benzene rings is 1. The summed E-state index contributed by atoms with van der Waals surface area (Å²) in [5.41, 5.74) is 1.25. The first-order valence-electron chi connectivity index (χ1n) is 6.75. The summed E-state index contributed by atoms with van der Waals surface area (Å²) in [4.78, 5) is 2.28. The first-order chi connectivity index (χ1) is 9.53. The fourth-order valence-corrected chi connectivity index (χ4v) is 2.65. The summed E-state index contributed by atoms with van der Waals surface area (Å²) in [5, 5.41) is 0. The molecular weight excluding hydrogens is 278 g/mol. The first-order valence-corrected chi connectivity index (χ1v) is 8.57. The van der Waals surface area contributed by atoms with Crippen molar-refractivity contribution in [3.05, 3.63) is 35.9 Å². The van der Waals surface area contributed by atoms with Gasteiger partial charge in [0, 0.05) is 26.2 Å². The maximum Gasteiger partial charge on any atom is 0.264 e. The molecule has 1 heterocycles. The van der Waals surface area contributed by atoms with E-state index in [4.69, 9.17) is 8.92 Å². The molecule has 1 aliphatic rings. The van der Waals surface area contributed by atoms with Crippen LogP contribution in [0.25, 0.3) is 0 Å². The van der Waals surface area contributed by atoms with Crippen molar-refractivity contribution in [2.75, 3.05) is 32.6 Å². The van der Waals surface area contributed by atoms with Crippen molar-refractivity contribution < 1.29 is 17.3 Å². The highest BCUT2D eigenvalue weighted by molar-refractivity contribution is 7.85. The average Bonchev–Trinajstić information content (AvgIpc) is 2.62. The molecule has 1 aliphatic heterocycles. The second-order valence-corrected chi connectivity index (χ2v) is 6.70. The highest BCUT2D eigenvalue weighted by Crippen LogP contribution is 2.11. The lowest BCUT2D eigenvalue weighted by molar-refractivity contribution is 0.0220. The van der Waals surface area contributed by atoms with E-state index >= 15 is 0 Å². The fourth-order valence-electron chi connectivity index (χ4n) is 2.26. The fraction of sp³-hybridized carbons (Fsp3) is 0.571. The molecule has 0 bridgehead atoms. The van der Waals surface area contributed by atoms with Gasteiger partial charge in [0.1, 0.15) is 0 Å². The van der Waals surface area contributed by atoms with Gasteiger partial charge in [-0.15, -0.1) is 0 Å². The van der Waals surface area contributed by atoms with Crippen LogP contribution in [0.15, 0.2) is 30.3 Å². The second-order valence-electron chi connectivity index (χ2n) is 5.06. The van der Waals surface area contributed by atoms with Crippen molar-refractivity contribution in [1.29, 1.82) is 0 Å². The normalized spacial score (nSPS) is 21.6. The lowest BCUT2D eigenvalue weighted by Gasteiger charge is -2.23. The molecule has 0 aliphatic carbocycles. The monoisotopic (exact) mass is 299 g/mol. The third-order valence-corrected chi connectivity index (χ3v) is 3.72. The Labute approximate surface area is 120 Å². The van der Waals surface area contributed by atoms with Gasteiger partial charge in [0.15, 0.2) is 0 Å². The van der Waals surface area contributed by atoms with E-state index in [1.165, 1.54) is 5.56 Å². The van der Waals surface area contributed by atoms with Crippen molar-refractivity contribution >= 4 is 10.1 Å². The summed E-state index contributed by atoms with van der Waals surface area (Å²) in [7, 11) is -3.41. The molecule has 0 aromatic heterocycles. The molecule has 2 rings (SSSR count). The molecule has 1 aromatic carbocycles. The zero-order valence-corrected chi connectivity index (χ0v) is 12.5. The first kappa shape index (κ1) is 15.4. The minimum atomic E-state index is -3.41. The van der Waals surface area contributed by atoms with Crippen molar-refractivity contribution in [2.45, 2.75) is 19.1 Å². The SMILES string of the molecule is CS(=O)(=O)OCC1CN(Cc2ccccc2)CCCO1. The molecule has 1 atom stereocenters. The van der Waals surface area contributed by atoms with Crippen LogP contribution in [0.3, 0.4) is 0 Å². The highest BCUT2D eigenvalue weighted by Gasteiger charge is 2.20. The van der Waals surface area contributed by atoms with E-state index in [2.05, 4.69) is 17.0 Å². The van der Waals surface area contributed by atoms with Crippen LogP contribution in [-0.4, -0.2) is 52.0 Å². The van der Waals surface area contributed by atoms with Crippen LogP contribution in [0, 0.1) is 0 Å². The van der Waals surface area contributed by atoms with E-state index < -0.39 is 10.1 Å². The smallest absolute Gasteiger partial charge is 0.264 e. The van der Waals surface area contributed by atoms with Crippen LogP contribution < -0.4 is 0 Å². The van der Waals surface area contributed by atoms with E-state index in [1.807, 2.05) is 18.2 Å². The quantitative estimate of drug-likeness (QED) is 0.766. The molecule has 20 heavy (non-hydrogen) atoms. The van der Waals surface area contributed by atoms with Gasteiger partial charge in [-0.25, -0.2) is 0 Å². The summed E-state index contributed by atoms with van der Waals surface area (Å²) < 4.78 is 32.6. The average molecular weight is 299 g/mol. The Balaban J connectivity index is 1.90. The predicted octanol–water partition coefficient (Wildman–Crippen LogP) is 1.25. The third kappa shape index (κ3) is 5.58. The van der Waals surface area contributed by atoms with Gasteiger partial charge in [0.2, 0.25) is 0 Å². The summed E-state index contributed by atoms with van der Waals surface area (Å²) in [5.74, 6) is 0. The summed E-state index contributed by atoms with van der Waals surface area (Å²) >= 11 is 0. The second kappa shape index (κ2) is 7.17. The molecule has 5 nitrogen and oxygen atoms in total. The number of hydrogen-bond donors (Lipinski definition) is 0. The number of hydrogen-bond acceptors (Lipinski definition) is 5. The third-order valence-electron chi connectivity index (χ3n) is 3.15. The van der Waals surface area contributed by atoms with Crippen LogP contribution in [-0.2, 0) is 25.6 Å². The zero-order valence-electron chi connectivity index (χ0n) is 11.7. The number of rotatable bonds is 5. The molecule has 0 radical (unpaired) electrons. The molecule has 1 unspecified atom stereocenters. The van der Waals surface area contributed by atoms with Gasteiger partial charge in [-0.1, -0.05) is 30.3 Å². The van der Waals surface area contributed by atoms with Gasteiger partial charge in [-0.3, -0.25) is 9.08 Å². The molecule has 1 aromatic rings. The molecule has 1 saturated heterocycles. The Bertz CT molecular complexity index is 503. The molecule has 1 fully saturated rings. The maximum atomic E-state index is 11.0. The van der Waals surface area contributed by atoms with E-state index in [0.29, 0.717) is 13.2 Å². The van der Waals surface area contributed by atoms with Crippen LogP contribution in [0.4, 0.5) is 0 Å². The van der Waals surface area contributed by atoms with Crippen LogP contribution >= 0.6 is 0 Å². The predicted molar refractivity (Wildman–Crippen MR) is 76.9 cm³/mol. The molecule has 112 valence electrons. The summed E-state index contributed by atoms with van der Waals surface area (Å²) in [6.07, 6.45) is 1.81. The van der Waals surface area contributed by atoms with Crippen LogP contribution in [0.5, 0.6) is 0 Å². The van der Waals surface area contributed by atoms with Gasteiger partial charge >= 0.3 is 0 Å². The van der Waals surface area contributed by atoms with E-state index in [-0.39, 0.29) is 12.7 Å². The van der Waals surface area contributed by atoms with Crippen LogP contribution in [0.1, 0.15) is 12.0 Å². The van der Waals surface area contributed by atoms with Gasteiger partial charge in [-0.05, 0) is 12.0 Å². The van der Waals surface area contributed by atoms with E-state index in [9.17, 15) is 8.42 Å². The van der Waals surface area contributed by atoms with Crippen molar-refractivity contribution in [3.8, 4) is 0 Å². The Kier molecular flexibility index (Phi) is 5.54. The molecule has 0 amide bonds. The maximum absolute atomic E-state index is 11.0. The van der Waals surface area contributed by atoms with Crippen molar-refractivity contribution in [2.24, 2.45) is 0 Å². The lowest BCUT2D eigenvalue weighted by atomic mass is 10.2. The number of ether oxygens (including phenoxy) is 1. The minimum absolute atomic E-state index is 0.0874. The van der Waals surface area contributed by atoms with Gasteiger partial charge < -0.3 is 4.74 Å². The largest absolute Gasteiger partial charge is 0.374 e. The molecule has 0 spiro atoms. The Morgan fingerprint density at radius 3 is 2.80 bits per heavy atom. The van der Waals surface area contributed by atoms with Gasteiger partial charge in [0.25, 0.3) is 10.1 Å². The zero-order chi connectivity index (χ0) is 14.4. The minimum Gasteiger partial charge on any atom is -0.374 e. The summed E-state index contributed by atoms with van der Waals surface area (Å²) in [6, 6.07) is 10.2. The van der Waals surface area contributed by atoms with E-state index in [0.717, 1.165) is 25.8 Å². The topological polar surface area (TPSA) is 55.8 Å². The lowest BCUT2D eigenvalue weighted by Crippen LogP contribution is -2.34. The number of nitrogens with zero attached hydrogens (tertiary/aromatic N) is 1. The molecule has 6 heteroatoms. The van der Waals surface area contributed by atoms with E-state index in [1.54, 1.807) is 0 Å². The standard InChI is InChI=1S/C14H21NO4S/c1-20(16,17)19-12-14-11-15(8-5-9-18-14)10-13-6-3-2-4-7-13/h2-4,6-7,14H,5,8-12H2,1H3. The van der Waals surface area contributed by atoms with Gasteiger partial charge in [0.05, 0.1) is 19.0 Å². The van der Waals surface area contributed by atoms with Crippen molar-refractivity contribution in [1.82, 2.24) is 4.90 Å². The summed E-state index contributed by atoms with van der Waals surface area (Å²) in [6.45, 7) is 3.21. The Morgan fingerprint density at radius 1 is 1.35 bits per heavy atom. The van der Waals surface area contributed by atoms with Crippen molar-refractivity contribution in [3.63, 3.8) is 0 Å². The Hall–Kier alpha value is -0.950. The molecule has 0 saturated carbocycles.